The van der Waals surface area contributed by atoms with Crippen LogP contribution < -0.4 is 9.47 Å². The van der Waals surface area contributed by atoms with Crippen LogP contribution in [0.25, 0.3) is 0 Å². The van der Waals surface area contributed by atoms with Crippen LogP contribution in [-0.2, 0) is 15.1 Å². The maximum absolute atomic E-state index is 10.5. The van der Waals surface area contributed by atoms with Gasteiger partial charge < -0.3 is 24.1 Å². The molecule has 1 aromatic carbocycles. The van der Waals surface area contributed by atoms with Gasteiger partial charge >= 0.3 is 0 Å². The van der Waals surface area contributed by atoms with Crippen LogP contribution in [0, 0.1) is 0 Å². The van der Waals surface area contributed by atoms with Gasteiger partial charge in [-0.2, -0.15) is 0 Å². The molecule has 5 heteroatoms. The minimum atomic E-state index is -1.26. The fraction of sp³-hybridized carbons (Fsp3) is 0.538. The lowest BCUT2D eigenvalue weighted by Gasteiger charge is -2.31. The van der Waals surface area contributed by atoms with E-state index in [1.165, 1.54) is 14.2 Å². The number of hydrogen-bond donors (Lipinski definition) is 1. The molecule has 1 aliphatic heterocycles. The third kappa shape index (κ3) is 2.29. The molecular weight excluding hydrogens is 236 g/mol. The molecule has 0 bridgehead atoms. The average molecular weight is 254 g/mol. The molecular formula is C13H18O5. The number of methoxy groups -OCH3 is 2. The van der Waals surface area contributed by atoms with Gasteiger partial charge in [-0.05, 0) is 24.6 Å². The average Bonchev–Trinajstić information content (AvgIpc) is 2.39. The summed E-state index contributed by atoms with van der Waals surface area (Å²) in [5, 5.41) is 10.5. The highest BCUT2D eigenvalue weighted by atomic mass is 16.7. The molecule has 1 aromatic rings. The van der Waals surface area contributed by atoms with Crippen molar-refractivity contribution in [1.82, 2.24) is 0 Å². The highest BCUT2D eigenvalue weighted by Crippen LogP contribution is 2.36. The summed E-state index contributed by atoms with van der Waals surface area (Å²) in [5.41, 5.74) is -0.611. The second-order valence-corrected chi connectivity index (χ2v) is 4.31. The quantitative estimate of drug-likeness (QED) is 0.820. The molecule has 5 nitrogen and oxygen atoms in total. The Bertz CT molecular complexity index is 412. The topological polar surface area (TPSA) is 57.2 Å². The van der Waals surface area contributed by atoms with E-state index in [1.807, 2.05) is 0 Å². The molecule has 0 saturated heterocycles. The number of fused-ring (bicyclic) bond motifs is 1. The van der Waals surface area contributed by atoms with E-state index < -0.39 is 11.9 Å². The van der Waals surface area contributed by atoms with Crippen LogP contribution in [0.3, 0.4) is 0 Å². The summed E-state index contributed by atoms with van der Waals surface area (Å²) in [7, 11) is 2.97. The first-order valence-corrected chi connectivity index (χ1v) is 5.77. The van der Waals surface area contributed by atoms with Gasteiger partial charge in [0.15, 0.2) is 17.8 Å². The Morgan fingerprint density at radius 2 is 1.78 bits per heavy atom. The summed E-state index contributed by atoms with van der Waals surface area (Å²) < 4.78 is 21.2. The van der Waals surface area contributed by atoms with Crippen molar-refractivity contribution in [3.05, 3.63) is 23.8 Å². The van der Waals surface area contributed by atoms with Gasteiger partial charge in [-0.1, -0.05) is 6.07 Å². The molecule has 0 aliphatic carbocycles. The van der Waals surface area contributed by atoms with Crippen LogP contribution >= 0.6 is 0 Å². The molecule has 100 valence electrons. The Morgan fingerprint density at radius 3 is 2.39 bits per heavy atom. The Balaban J connectivity index is 2.32. The van der Waals surface area contributed by atoms with Gasteiger partial charge in [-0.15, -0.1) is 0 Å². The second kappa shape index (κ2) is 5.14. The molecule has 1 atom stereocenters. The molecule has 0 saturated carbocycles. The van der Waals surface area contributed by atoms with Crippen LogP contribution in [0.1, 0.15) is 12.5 Å². The normalized spacial score (nSPS) is 17.6. The van der Waals surface area contributed by atoms with E-state index in [-0.39, 0.29) is 0 Å². The van der Waals surface area contributed by atoms with Gasteiger partial charge in [0.2, 0.25) is 0 Å². The maximum atomic E-state index is 10.5. The molecule has 0 amide bonds. The SMILES string of the molecule is COC(OC)C(C)(O)c1ccc2c(c1)OCCO2. The van der Waals surface area contributed by atoms with Gasteiger partial charge in [0.1, 0.15) is 18.8 Å². The Morgan fingerprint density at radius 1 is 1.17 bits per heavy atom. The lowest BCUT2D eigenvalue weighted by atomic mass is 9.94. The van der Waals surface area contributed by atoms with E-state index in [1.54, 1.807) is 25.1 Å². The van der Waals surface area contributed by atoms with Crippen LogP contribution in [0.2, 0.25) is 0 Å². The standard InChI is InChI=1S/C13H18O5/c1-13(14,12(15-2)16-3)9-4-5-10-11(8-9)18-7-6-17-10/h4-5,8,12,14H,6-7H2,1-3H3. The van der Waals surface area contributed by atoms with Crippen molar-refractivity contribution >= 4 is 0 Å². The Labute approximate surface area is 106 Å². The van der Waals surface area contributed by atoms with Gasteiger partial charge in [0.25, 0.3) is 0 Å². The number of hydrogen-bond acceptors (Lipinski definition) is 5. The molecule has 18 heavy (non-hydrogen) atoms. The third-order valence-electron chi connectivity index (χ3n) is 3.01. The minimum absolute atomic E-state index is 0.510. The summed E-state index contributed by atoms with van der Waals surface area (Å²) in [6.45, 7) is 2.69. The molecule has 0 fully saturated rings. The smallest absolute Gasteiger partial charge is 0.189 e. The van der Waals surface area contributed by atoms with Crippen molar-refractivity contribution in [2.75, 3.05) is 27.4 Å². The van der Waals surface area contributed by atoms with E-state index >= 15 is 0 Å². The zero-order valence-corrected chi connectivity index (χ0v) is 10.8. The van der Waals surface area contributed by atoms with Gasteiger partial charge in [-0.25, -0.2) is 0 Å². The molecule has 0 aromatic heterocycles. The first kappa shape index (κ1) is 13.1. The zero-order chi connectivity index (χ0) is 13.2. The summed E-state index contributed by atoms with van der Waals surface area (Å²) in [6, 6.07) is 5.30. The Hall–Kier alpha value is -1.30. The number of ether oxygens (including phenoxy) is 4. The molecule has 0 radical (unpaired) electrons. The third-order valence-corrected chi connectivity index (χ3v) is 3.01. The van der Waals surface area contributed by atoms with Crippen molar-refractivity contribution in [3.63, 3.8) is 0 Å². The van der Waals surface area contributed by atoms with E-state index in [9.17, 15) is 5.11 Å². The predicted molar refractivity (Wildman–Crippen MR) is 64.8 cm³/mol. The van der Waals surface area contributed by atoms with Gasteiger partial charge in [-0.3, -0.25) is 0 Å². The van der Waals surface area contributed by atoms with E-state index in [0.717, 1.165) is 0 Å². The molecule has 2 rings (SSSR count). The summed E-state index contributed by atoms with van der Waals surface area (Å²) in [5.74, 6) is 1.32. The first-order chi connectivity index (χ1) is 8.59. The molecule has 1 heterocycles. The van der Waals surface area contributed by atoms with Crippen molar-refractivity contribution in [1.29, 1.82) is 0 Å². The second-order valence-electron chi connectivity index (χ2n) is 4.31. The van der Waals surface area contributed by atoms with Crippen LogP contribution in [-0.4, -0.2) is 38.8 Å². The van der Waals surface area contributed by atoms with Crippen molar-refractivity contribution < 1.29 is 24.1 Å². The fourth-order valence-corrected chi connectivity index (χ4v) is 2.05. The van der Waals surface area contributed by atoms with Gasteiger partial charge in [0.05, 0.1) is 0 Å². The molecule has 1 N–H and O–H groups in total. The van der Waals surface area contributed by atoms with Gasteiger partial charge in [0, 0.05) is 14.2 Å². The first-order valence-electron chi connectivity index (χ1n) is 5.77. The number of aliphatic hydroxyl groups is 1. The lowest BCUT2D eigenvalue weighted by Crippen LogP contribution is -2.39. The highest BCUT2D eigenvalue weighted by Gasteiger charge is 2.35. The fourth-order valence-electron chi connectivity index (χ4n) is 2.05. The van der Waals surface area contributed by atoms with E-state index in [2.05, 4.69) is 0 Å². The maximum Gasteiger partial charge on any atom is 0.189 e. The van der Waals surface area contributed by atoms with Crippen LogP contribution in [0.4, 0.5) is 0 Å². The summed E-state index contributed by atoms with van der Waals surface area (Å²) >= 11 is 0. The monoisotopic (exact) mass is 254 g/mol. The Kier molecular flexibility index (Phi) is 3.75. The summed E-state index contributed by atoms with van der Waals surface area (Å²) in [6.07, 6.45) is -0.750. The van der Waals surface area contributed by atoms with E-state index in [4.69, 9.17) is 18.9 Å². The van der Waals surface area contributed by atoms with Crippen molar-refractivity contribution in [2.24, 2.45) is 0 Å². The molecule has 0 spiro atoms. The van der Waals surface area contributed by atoms with Crippen LogP contribution in [0.5, 0.6) is 11.5 Å². The van der Waals surface area contributed by atoms with Crippen LogP contribution in [0.15, 0.2) is 18.2 Å². The van der Waals surface area contributed by atoms with Crippen molar-refractivity contribution in [3.8, 4) is 11.5 Å². The van der Waals surface area contributed by atoms with E-state index in [0.29, 0.717) is 30.3 Å². The zero-order valence-electron chi connectivity index (χ0n) is 10.8. The molecule has 1 aliphatic rings. The number of rotatable bonds is 4. The minimum Gasteiger partial charge on any atom is -0.486 e. The predicted octanol–water partition coefficient (Wildman–Crippen LogP) is 1.28. The lowest BCUT2D eigenvalue weighted by molar-refractivity contribution is -0.213. The number of benzene rings is 1. The molecule has 1 unspecified atom stereocenters. The van der Waals surface area contributed by atoms with Crippen molar-refractivity contribution in [2.45, 2.75) is 18.8 Å². The highest BCUT2D eigenvalue weighted by molar-refractivity contribution is 5.45. The summed E-state index contributed by atoms with van der Waals surface area (Å²) in [4.78, 5) is 0. The largest absolute Gasteiger partial charge is 0.486 e.